The first-order valence-corrected chi connectivity index (χ1v) is 26.9. The molecule has 6 aliphatic heterocycles. The Labute approximate surface area is 430 Å². The first kappa shape index (κ1) is 56.1. The lowest BCUT2D eigenvalue weighted by Crippen LogP contribution is -2.67. The van der Waals surface area contributed by atoms with Crippen molar-refractivity contribution >= 4 is 0 Å². The van der Waals surface area contributed by atoms with Crippen molar-refractivity contribution in [1.82, 2.24) is 0 Å². The number of aliphatic hydroxyl groups is 13. The van der Waals surface area contributed by atoms with Gasteiger partial charge < -0.3 is 114 Å². The molecule has 0 aromatic heterocycles. The average molecular weight is 1060 g/mol. The van der Waals surface area contributed by atoms with Gasteiger partial charge >= 0.3 is 0 Å². The highest BCUT2D eigenvalue weighted by atomic mass is 16.8. The summed E-state index contributed by atoms with van der Waals surface area (Å²) in [6.07, 6.45) is -23.9. The molecule has 23 nitrogen and oxygen atoms in total. The molecular weight excluding hydrogens is 981 g/mol. The topological polar surface area (TPSA) is 355 Å². The van der Waals surface area contributed by atoms with Gasteiger partial charge in [-0.05, 0) is 99.7 Å². The molecule has 6 heterocycles. The fourth-order valence-corrected chi connectivity index (χ4v) is 15.6. The summed E-state index contributed by atoms with van der Waals surface area (Å²) in [4.78, 5) is 0. The minimum atomic E-state index is -2.02. The third-order valence-corrected chi connectivity index (χ3v) is 20.0. The minimum Gasteiger partial charge on any atom is -0.394 e. The predicted octanol–water partition coefficient (Wildman–Crippen LogP) is -2.85. The molecule has 4 aliphatic carbocycles. The summed E-state index contributed by atoms with van der Waals surface area (Å²) in [6.45, 7) is 8.06. The van der Waals surface area contributed by atoms with Gasteiger partial charge in [-0.25, -0.2) is 0 Å². The molecule has 424 valence electrons. The Morgan fingerprint density at radius 3 is 1.86 bits per heavy atom. The molecule has 0 aromatic rings. The molecule has 10 rings (SSSR count). The van der Waals surface area contributed by atoms with E-state index in [0.717, 1.165) is 44.9 Å². The first-order chi connectivity index (χ1) is 35.0. The fraction of sp³-hybridized carbons (Fsp3) is 0.961. The van der Waals surface area contributed by atoms with E-state index in [2.05, 4.69) is 26.8 Å². The Hall–Kier alpha value is -1.18. The van der Waals surface area contributed by atoms with Crippen molar-refractivity contribution in [3.63, 3.8) is 0 Å². The molecule has 0 radical (unpaired) electrons. The highest BCUT2D eigenvalue weighted by Gasteiger charge is 2.70. The molecule has 0 bridgehead atoms. The van der Waals surface area contributed by atoms with E-state index >= 15 is 0 Å². The van der Waals surface area contributed by atoms with E-state index in [1.807, 2.05) is 6.92 Å². The van der Waals surface area contributed by atoms with Crippen LogP contribution in [0.15, 0.2) is 11.6 Å². The molecular formula is C51H82O23. The molecule has 10 aliphatic rings. The Kier molecular flexibility index (Phi) is 16.0. The molecule has 74 heavy (non-hydrogen) atoms. The smallest absolute Gasteiger partial charge is 0.187 e. The number of rotatable bonds is 12. The fourth-order valence-electron chi connectivity index (χ4n) is 15.6. The number of hydrogen-bond acceptors (Lipinski definition) is 23. The van der Waals surface area contributed by atoms with E-state index in [4.69, 9.17) is 47.4 Å². The van der Waals surface area contributed by atoms with E-state index in [1.54, 1.807) is 0 Å². The number of fused-ring (bicyclic) bond motifs is 7. The number of hydrogen-bond donors (Lipinski definition) is 13. The molecule has 3 saturated carbocycles. The van der Waals surface area contributed by atoms with Crippen molar-refractivity contribution in [1.29, 1.82) is 0 Å². The summed E-state index contributed by atoms with van der Waals surface area (Å²) >= 11 is 0. The molecule has 13 N–H and O–H groups in total. The zero-order valence-electron chi connectivity index (χ0n) is 42.8. The SMILES string of the molecule is C[C@@H]1O[C@H](O[C@H]2[C@H](O)[C@@H](O)[C@H](O[C@H]3[C@H](O)[C@@H](O[C@@H]4[C@@H](O[C@H]5CC[C@@]6(C)C(=CC[C@@H]7[C@H]8C[C@H]9O[C@]%10(CC[C@](C)(CO)O%10)[C@H](C)[C@@H]9[C@@]8(C)CC[C@H]76)C5)O[C@@H](CO)[C@H](O)[C@H]4O)O[C@@H](CO)[C@@H]3O)O[C@@H]2CO)[C@@H](O)[C@H](O)[C@H]1O. The number of aliphatic hydroxyl groups excluding tert-OH is 13. The first-order valence-electron chi connectivity index (χ1n) is 26.9. The maximum absolute atomic E-state index is 11.8. The van der Waals surface area contributed by atoms with Crippen molar-refractivity contribution in [2.45, 2.75) is 239 Å². The van der Waals surface area contributed by atoms with Crippen molar-refractivity contribution in [3.8, 4) is 0 Å². The Bertz CT molecular complexity index is 1990. The zero-order chi connectivity index (χ0) is 53.1. The summed E-state index contributed by atoms with van der Waals surface area (Å²) in [6, 6.07) is 0. The maximum atomic E-state index is 11.8. The highest BCUT2D eigenvalue weighted by molar-refractivity contribution is 5.27. The van der Waals surface area contributed by atoms with Crippen molar-refractivity contribution in [3.05, 3.63) is 11.6 Å². The zero-order valence-corrected chi connectivity index (χ0v) is 42.8. The van der Waals surface area contributed by atoms with Crippen LogP contribution in [0.2, 0.25) is 0 Å². The van der Waals surface area contributed by atoms with Gasteiger partial charge in [-0.2, -0.15) is 0 Å². The number of ether oxygens (including phenoxy) is 10. The monoisotopic (exact) mass is 1060 g/mol. The lowest BCUT2D eigenvalue weighted by Gasteiger charge is -2.58. The van der Waals surface area contributed by atoms with Gasteiger partial charge in [0.1, 0.15) is 91.6 Å². The lowest BCUT2D eigenvalue weighted by atomic mass is 9.47. The predicted molar refractivity (Wildman–Crippen MR) is 248 cm³/mol. The van der Waals surface area contributed by atoms with Crippen LogP contribution in [0.1, 0.15) is 92.4 Å². The largest absolute Gasteiger partial charge is 0.394 e. The second-order valence-electron chi connectivity index (χ2n) is 24.1. The van der Waals surface area contributed by atoms with E-state index in [1.165, 1.54) is 12.5 Å². The standard InChI is InChI=1S/C51H82O23/c1-20-31-27(73-51(20)13-12-48(3,19-55)74-51)15-26-24-7-6-22-14-23(8-10-49(22,4)25(24)9-11-50(26,31)5)66-47-43(36(60)33(57)28(16-52)68-47)72-46-40(64)42(34(58)29(17-53)67-46)71-45-39(63)37(61)41(30(18-54)69-45)70-44-38(62)35(59)32(56)21(2)65-44/h6,20-21,23-47,52-64H,7-19H2,1-5H3/t20-,21+,23+,24+,25-,26-,27-,28+,29+,30-,31+,32+,33+,34+,35-,36-,37-,38+,39-,40+,41-,42-,43+,44-,45+,46-,47+,48-,49+,50+,51+/m1/s1. The van der Waals surface area contributed by atoms with Gasteiger partial charge in [0.2, 0.25) is 0 Å². The van der Waals surface area contributed by atoms with Crippen LogP contribution < -0.4 is 0 Å². The molecule has 0 aromatic carbocycles. The van der Waals surface area contributed by atoms with Gasteiger partial charge in [-0.3, -0.25) is 0 Å². The summed E-state index contributed by atoms with van der Waals surface area (Å²) in [5, 5.41) is 140. The normalized spacial score (nSPS) is 57.4. The third-order valence-electron chi connectivity index (χ3n) is 20.0. The minimum absolute atomic E-state index is 0.0343. The second-order valence-corrected chi connectivity index (χ2v) is 24.1. The summed E-state index contributed by atoms with van der Waals surface area (Å²) in [5.74, 6) is 1.28. The molecule has 6 saturated heterocycles. The van der Waals surface area contributed by atoms with Gasteiger partial charge in [0.05, 0.1) is 50.3 Å². The van der Waals surface area contributed by atoms with Crippen molar-refractivity contribution in [2.24, 2.45) is 40.4 Å². The highest BCUT2D eigenvalue weighted by Crippen LogP contribution is 2.71. The van der Waals surface area contributed by atoms with Gasteiger partial charge in [0, 0.05) is 12.3 Å². The number of allylic oxidation sites excluding steroid dienone is 1. The van der Waals surface area contributed by atoms with Crippen LogP contribution in [0, 0.1) is 40.4 Å². The van der Waals surface area contributed by atoms with Gasteiger partial charge in [-0.1, -0.05) is 32.4 Å². The van der Waals surface area contributed by atoms with Gasteiger partial charge in [-0.15, -0.1) is 0 Å². The second kappa shape index (κ2) is 21.0. The lowest BCUT2D eigenvalue weighted by molar-refractivity contribution is -0.394. The summed E-state index contributed by atoms with van der Waals surface area (Å²) in [5.41, 5.74) is 0.658. The quantitative estimate of drug-likeness (QED) is 0.0875. The average Bonchev–Trinajstić information content (AvgIpc) is 4.03. The Morgan fingerprint density at radius 2 is 1.18 bits per heavy atom. The van der Waals surface area contributed by atoms with E-state index in [0.29, 0.717) is 36.5 Å². The van der Waals surface area contributed by atoms with E-state index in [9.17, 15) is 66.4 Å². The van der Waals surface area contributed by atoms with Crippen LogP contribution in [0.5, 0.6) is 0 Å². The van der Waals surface area contributed by atoms with Crippen LogP contribution in [0.4, 0.5) is 0 Å². The van der Waals surface area contributed by atoms with Gasteiger partial charge in [0.15, 0.2) is 30.9 Å². The van der Waals surface area contributed by atoms with Crippen LogP contribution >= 0.6 is 0 Å². The van der Waals surface area contributed by atoms with Crippen LogP contribution in [0.25, 0.3) is 0 Å². The van der Waals surface area contributed by atoms with Crippen LogP contribution in [0.3, 0.4) is 0 Å². The summed E-state index contributed by atoms with van der Waals surface area (Å²) in [7, 11) is 0. The van der Waals surface area contributed by atoms with Crippen LogP contribution in [-0.2, 0) is 47.4 Å². The van der Waals surface area contributed by atoms with Crippen molar-refractivity contribution in [2.75, 3.05) is 26.4 Å². The molecule has 9 fully saturated rings. The van der Waals surface area contributed by atoms with Crippen LogP contribution in [-0.4, -0.2) is 239 Å². The maximum Gasteiger partial charge on any atom is 0.187 e. The van der Waals surface area contributed by atoms with E-state index < -0.39 is 160 Å². The Balaban J connectivity index is 0.809. The molecule has 1 spiro atoms. The third kappa shape index (κ3) is 9.29. The Morgan fingerprint density at radius 1 is 0.568 bits per heavy atom. The molecule has 31 atom stereocenters. The summed E-state index contributed by atoms with van der Waals surface area (Å²) < 4.78 is 61.0. The van der Waals surface area contributed by atoms with E-state index in [-0.39, 0.29) is 29.5 Å². The molecule has 0 amide bonds. The molecule has 0 unspecified atom stereocenters. The van der Waals surface area contributed by atoms with Crippen molar-refractivity contribution < 1.29 is 114 Å². The van der Waals surface area contributed by atoms with Gasteiger partial charge in [0.25, 0.3) is 0 Å². The molecule has 23 heteroatoms.